The van der Waals surface area contributed by atoms with Crippen LogP contribution in [0.1, 0.15) is 44.4 Å². The highest BCUT2D eigenvalue weighted by molar-refractivity contribution is 5.91. The van der Waals surface area contributed by atoms with Gasteiger partial charge in [0.05, 0.1) is 6.61 Å². The van der Waals surface area contributed by atoms with Crippen LogP contribution in [0, 0.1) is 20.8 Å². The molecule has 0 aliphatic heterocycles. The van der Waals surface area contributed by atoms with Crippen molar-refractivity contribution in [2.24, 2.45) is 0 Å². The van der Waals surface area contributed by atoms with E-state index in [1.165, 1.54) is 6.92 Å². The third kappa shape index (κ3) is 9.21. The molecule has 0 radical (unpaired) electrons. The smallest absolute Gasteiger partial charge is 0.331 e. The van der Waals surface area contributed by atoms with Gasteiger partial charge in [-0.05, 0) is 50.5 Å². The Kier molecular flexibility index (Phi) is 10.8. The molecule has 0 bridgehead atoms. The number of benzene rings is 1. The third-order valence-electron chi connectivity index (χ3n) is 4.33. The Morgan fingerprint density at radius 2 is 1.71 bits per heavy atom. The van der Waals surface area contributed by atoms with Crippen LogP contribution in [0.15, 0.2) is 18.2 Å². The first-order valence-electron chi connectivity index (χ1n) is 10.3. The zero-order valence-electron chi connectivity index (χ0n) is 19.4. The molecule has 1 unspecified atom stereocenters. The summed E-state index contributed by atoms with van der Waals surface area (Å²) in [7, 11) is 0. The zero-order valence-corrected chi connectivity index (χ0v) is 19.4. The maximum absolute atomic E-state index is 12.1. The zero-order chi connectivity index (χ0) is 23.6. The largest absolute Gasteiger partial charge is 0.489 e. The van der Waals surface area contributed by atoms with Gasteiger partial charge in [0.2, 0.25) is 0 Å². The molecule has 0 aromatic heterocycles. The number of hydrogen-bond acceptors (Lipinski definition) is 8. The van der Waals surface area contributed by atoms with Crippen molar-refractivity contribution in [3.05, 3.63) is 34.9 Å². The van der Waals surface area contributed by atoms with Crippen molar-refractivity contribution in [2.75, 3.05) is 19.8 Å². The summed E-state index contributed by atoms with van der Waals surface area (Å²) >= 11 is 0. The lowest BCUT2D eigenvalue weighted by Crippen LogP contribution is -2.38. The van der Waals surface area contributed by atoms with Gasteiger partial charge in [-0.25, -0.2) is 9.59 Å². The predicted octanol–water partition coefficient (Wildman–Crippen LogP) is 2.95. The van der Waals surface area contributed by atoms with Crippen LogP contribution in [0.5, 0.6) is 11.5 Å². The van der Waals surface area contributed by atoms with E-state index in [-0.39, 0.29) is 25.2 Å². The Bertz CT molecular complexity index is 815. The highest BCUT2D eigenvalue weighted by Crippen LogP contribution is 2.33. The van der Waals surface area contributed by atoms with Crippen molar-refractivity contribution in [1.29, 1.82) is 0 Å². The van der Waals surface area contributed by atoms with E-state index in [1.807, 2.05) is 34.6 Å². The molecular formula is C23H33NO7. The monoisotopic (exact) mass is 435 g/mol. The van der Waals surface area contributed by atoms with Crippen LogP contribution in [-0.4, -0.2) is 49.8 Å². The molecule has 172 valence electrons. The summed E-state index contributed by atoms with van der Waals surface area (Å²) in [6.07, 6.45) is 1.48. The molecule has 1 rings (SSSR count). The standard InChI is InChI=1S/C23H33NO7/c1-8-28-21(26)9-10-22(27)31-19(12-24-14(2)3)13-29-20-11-15(4)23(30-18(7)25)17(6)16(20)5/h9-11,14,19,24H,8,12-13H2,1-7H3/b10-9-. The maximum atomic E-state index is 12.1. The van der Waals surface area contributed by atoms with Crippen LogP contribution < -0.4 is 14.8 Å². The van der Waals surface area contributed by atoms with Gasteiger partial charge in [0.1, 0.15) is 24.2 Å². The molecule has 1 aromatic carbocycles. The van der Waals surface area contributed by atoms with E-state index in [9.17, 15) is 14.4 Å². The van der Waals surface area contributed by atoms with Crippen molar-refractivity contribution in [2.45, 2.75) is 60.6 Å². The predicted molar refractivity (Wildman–Crippen MR) is 116 cm³/mol. The molecule has 0 spiro atoms. The third-order valence-corrected chi connectivity index (χ3v) is 4.33. The van der Waals surface area contributed by atoms with Crippen LogP contribution in [0.4, 0.5) is 0 Å². The average molecular weight is 436 g/mol. The van der Waals surface area contributed by atoms with Gasteiger partial charge < -0.3 is 24.3 Å². The van der Waals surface area contributed by atoms with Crippen molar-refractivity contribution < 1.29 is 33.3 Å². The van der Waals surface area contributed by atoms with Crippen LogP contribution >= 0.6 is 0 Å². The highest BCUT2D eigenvalue weighted by atomic mass is 16.6. The molecule has 1 aromatic rings. The minimum absolute atomic E-state index is 0.103. The van der Waals surface area contributed by atoms with E-state index < -0.39 is 18.0 Å². The minimum Gasteiger partial charge on any atom is -0.489 e. The van der Waals surface area contributed by atoms with E-state index >= 15 is 0 Å². The fourth-order valence-corrected chi connectivity index (χ4v) is 2.69. The van der Waals surface area contributed by atoms with Crippen LogP contribution in [-0.2, 0) is 23.9 Å². The second kappa shape index (κ2) is 12.7. The average Bonchev–Trinajstić information content (AvgIpc) is 2.69. The minimum atomic E-state index is -0.665. The topological polar surface area (TPSA) is 100 Å². The molecule has 0 aliphatic rings. The fraction of sp³-hybridized carbons (Fsp3) is 0.522. The summed E-state index contributed by atoms with van der Waals surface area (Å²) in [5.74, 6) is -0.533. The molecule has 0 amide bonds. The fourth-order valence-electron chi connectivity index (χ4n) is 2.69. The summed E-state index contributed by atoms with van der Waals surface area (Å²) in [4.78, 5) is 34.8. The van der Waals surface area contributed by atoms with Gasteiger partial charge in [-0.2, -0.15) is 0 Å². The van der Waals surface area contributed by atoms with E-state index in [2.05, 4.69) is 5.32 Å². The summed E-state index contributed by atoms with van der Waals surface area (Å²) in [6, 6.07) is 1.97. The van der Waals surface area contributed by atoms with Gasteiger partial charge in [0.15, 0.2) is 0 Å². The van der Waals surface area contributed by atoms with Gasteiger partial charge in [0.25, 0.3) is 0 Å². The van der Waals surface area contributed by atoms with E-state index in [0.29, 0.717) is 18.0 Å². The maximum Gasteiger partial charge on any atom is 0.331 e. The molecule has 0 saturated carbocycles. The number of carbonyl (C=O) groups is 3. The number of ether oxygens (including phenoxy) is 4. The van der Waals surface area contributed by atoms with E-state index in [1.54, 1.807) is 13.0 Å². The van der Waals surface area contributed by atoms with Crippen molar-refractivity contribution in [3.63, 3.8) is 0 Å². The molecule has 0 fully saturated rings. The number of rotatable bonds is 11. The second-order valence-corrected chi connectivity index (χ2v) is 7.38. The normalized spacial score (nSPS) is 12.0. The molecule has 8 heteroatoms. The van der Waals surface area contributed by atoms with E-state index in [4.69, 9.17) is 18.9 Å². The van der Waals surface area contributed by atoms with Gasteiger partial charge in [-0.15, -0.1) is 0 Å². The first-order valence-corrected chi connectivity index (χ1v) is 10.3. The molecule has 1 N–H and O–H groups in total. The number of carbonyl (C=O) groups excluding carboxylic acids is 3. The molecule has 1 atom stereocenters. The lowest BCUT2D eigenvalue weighted by atomic mass is 10.0. The lowest BCUT2D eigenvalue weighted by molar-refractivity contribution is -0.145. The number of hydrogen-bond donors (Lipinski definition) is 1. The van der Waals surface area contributed by atoms with E-state index in [0.717, 1.165) is 28.8 Å². The molecular weight excluding hydrogens is 402 g/mol. The summed E-state index contributed by atoms with van der Waals surface area (Å²) in [5, 5.41) is 3.21. The Hall–Kier alpha value is -2.87. The van der Waals surface area contributed by atoms with Crippen molar-refractivity contribution >= 4 is 17.9 Å². The Morgan fingerprint density at radius 3 is 2.29 bits per heavy atom. The molecule has 31 heavy (non-hydrogen) atoms. The number of esters is 3. The SMILES string of the molecule is CCOC(=O)/C=C\C(=O)OC(CNC(C)C)COc1cc(C)c(OC(C)=O)c(C)c1C. The Morgan fingerprint density at radius 1 is 1.06 bits per heavy atom. The first kappa shape index (κ1) is 26.2. The van der Waals surface area contributed by atoms with Crippen LogP contribution in [0.25, 0.3) is 0 Å². The number of nitrogens with one attached hydrogen (secondary N) is 1. The van der Waals surface area contributed by atoms with Gasteiger partial charge in [-0.3, -0.25) is 4.79 Å². The molecule has 0 heterocycles. The Balaban J connectivity index is 2.90. The van der Waals surface area contributed by atoms with Crippen molar-refractivity contribution in [1.82, 2.24) is 5.32 Å². The van der Waals surface area contributed by atoms with Crippen LogP contribution in [0.2, 0.25) is 0 Å². The summed E-state index contributed by atoms with van der Waals surface area (Å²) in [6.45, 7) is 13.2. The summed E-state index contributed by atoms with van der Waals surface area (Å²) in [5.41, 5.74) is 2.39. The van der Waals surface area contributed by atoms with Crippen LogP contribution in [0.3, 0.4) is 0 Å². The van der Waals surface area contributed by atoms with Gasteiger partial charge >= 0.3 is 17.9 Å². The second-order valence-electron chi connectivity index (χ2n) is 7.38. The molecule has 0 saturated heterocycles. The molecule has 8 nitrogen and oxygen atoms in total. The Labute approximate surface area is 183 Å². The van der Waals surface area contributed by atoms with Gasteiger partial charge in [0, 0.05) is 31.7 Å². The number of aryl methyl sites for hydroxylation is 1. The first-order chi connectivity index (χ1) is 14.5. The summed E-state index contributed by atoms with van der Waals surface area (Å²) < 4.78 is 21.4. The highest BCUT2D eigenvalue weighted by Gasteiger charge is 2.18. The lowest BCUT2D eigenvalue weighted by Gasteiger charge is -2.22. The van der Waals surface area contributed by atoms with Crippen molar-refractivity contribution in [3.8, 4) is 11.5 Å². The quantitative estimate of drug-likeness (QED) is 0.322. The molecule has 0 aliphatic carbocycles. The van der Waals surface area contributed by atoms with Gasteiger partial charge in [-0.1, -0.05) is 13.8 Å².